The molecule has 3 atom stereocenters. The number of nitrogens with zero attached hydrogens (tertiary/aromatic N) is 3. The fourth-order valence-corrected chi connectivity index (χ4v) is 3.34. The number of rotatable bonds is 4. The summed E-state index contributed by atoms with van der Waals surface area (Å²) in [5.74, 6) is 0. The summed E-state index contributed by atoms with van der Waals surface area (Å²) in [6.45, 7) is 2.01. The second-order valence-corrected chi connectivity index (χ2v) is 6.88. The van der Waals surface area contributed by atoms with Crippen molar-refractivity contribution in [3.05, 3.63) is 34.0 Å². The van der Waals surface area contributed by atoms with E-state index in [-0.39, 0.29) is 35.6 Å². The van der Waals surface area contributed by atoms with Gasteiger partial charge in [-0.3, -0.25) is 9.36 Å². The maximum Gasteiger partial charge on any atom is 0.433 e. The summed E-state index contributed by atoms with van der Waals surface area (Å²) in [6, 6.07) is 0.555. The molecule has 1 aliphatic heterocycles. The smallest absolute Gasteiger partial charge is 0.392 e. The Morgan fingerprint density at radius 3 is 2.81 bits per heavy atom. The lowest BCUT2D eigenvalue weighted by Gasteiger charge is -2.30. The first kappa shape index (κ1) is 19.7. The van der Waals surface area contributed by atoms with Crippen LogP contribution in [0.15, 0.2) is 17.2 Å². The summed E-state index contributed by atoms with van der Waals surface area (Å²) in [5, 5.41) is 23.3. The fourth-order valence-electron chi connectivity index (χ4n) is 3.34. The van der Waals surface area contributed by atoms with E-state index in [0.29, 0.717) is 6.42 Å². The first-order valence-corrected chi connectivity index (χ1v) is 8.70. The van der Waals surface area contributed by atoms with Crippen molar-refractivity contribution in [1.82, 2.24) is 19.9 Å². The summed E-state index contributed by atoms with van der Waals surface area (Å²) in [6.07, 6.45) is -3.35. The third kappa shape index (κ3) is 4.28. The van der Waals surface area contributed by atoms with E-state index in [1.165, 1.54) is 13.3 Å². The molecule has 0 saturated carbocycles. The van der Waals surface area contributed by atoms with Crippen LogP contribution in [0.2, 0.25) is 0 Å². The van der Waals surface area contributed by atoms with Crippen LogP contribution >= 0.6 is 0 Å². The average Bonchev–Trinajstić information content (AvgIpc) is 2.59. The molecular formula is C17H21F3N4O3. The molecule has 3 N–H and O–H groups in total. The molecule has 0 amide bonds. The molecular weight excluding hydrogens is 365 g/mol. The van der Waals surface area contributed by atoms with Crippen molar-refractivity contribution in [2.45, 2.75) is 57.2 Å². The van der Waals surface area contributed by atoms with Gasteiger partial charge in [0.2, 0.25) is 0 Å². The number of aliphatic hydroxyl groups is 2. The molecule has 10 heteroatoms. The summed E-state index contributed by atoms with van der Waals surface area (Å²) < 4.78 is 40.0. The van der Waals surface area contributed by atoms with Gasteiger partial charge in [-0.15, -0.1) is 0 Å². The lowest BCUT2D eigenvalue weighted by atomic mass is 9.96. The summed E-state index contributed by atoms with van der Waals surface area (Å²) in [5.41, 5.74) is -1.98. The molecule has 3 rings (SSSR count). The molecule has 1 unspecified atom stereocenters. The number of hydrogen-bond acceptors (Lipinski definition) is 6. The average molecular weight is 386 g/mol. The van der Waals surface area contributed by atoms with Gasteiger partial charge in [-0.1, -0.05) is 0 Å². The number of aryl methyl sites for hydroxylation is 1. The van der Waals surface area contributed by atoms with Crippen molar-refractivity contribution < 1.29 is 23.4 Å². The maximum atomic E-state index is 13.0. The molecule has 1 fully saturated rings. The van der Waals surface area contributed by atoms with Gasteiger partial charge in [0, 0.05) is 6.04 Å². The van der Waals surface area contributed by atoms with Crippen molar-refractivity contribution in [3.63, 3.8) is 0 Å². The van der Waals surface area contributed by atoms with Crippen molar-refractivity contribution in [1.29, 1.82) is 0 Å². The molecule has 27 heavy (non-hydrogen) atoms. The molecule has 2 aromatic rings. The van der Waals surface area contributed by atoms with Gasteiger partial charge < -0.3 is 15.5 Å². The first-order chi connectivity index (χ1) is 12.7. The highest BCUT2D eigenvalue weighted by Gasteiger charge is 2.33. The highest BCUT2D eigenvalue weighted by atomic mass is 19.4. The van der Waals surface area contributed by atoms with Crippen LogP contribution in [0.25, 0.3) is 11.0 Å². The Bertz CT molecular complexity index is 884. The molecule has 2 aromatic heterocycles. The van der Waals surface area contributed by atoms with Gasteiger partial charge in [-0.2, -0.15) is 13.2 Å². The molecule has 7 nitrogen and oxygen atoms in total. The van der Waals surface area contributed by atoms with E-state index in [1.807, 2.05) is 0 Å². The van der Waals surface area contributed by atoms with Gasteiger partial charge in [0.15, 0.2) is 5.52 Å². The Hall–Kier alpha value is -2.04. The van der Waals surface area contributed by atoms with Crippen molar-refractivity contribution in [2.24, 2.45) is 0 Å². The molecule has 0 aliphatic carbocycles. The molecule has 0 aromatic carbocycles. The number of hydrogen-bond donors (Lipinski definition) is 3. The molecule has 0 bridgehead atoms. The number of halogens is 3. The lowest BCUT2D eigenvalue weighted by Crippen LogP contribution is -2.47. The van der Waals surface area contributed by atoms with Crippen molar-refractivity contribution in [2.75, 3.05) is 6.54 Å². The number of alkyl halides is 3. The number of pyridine rings is 1. The number of aromatic nitrogens is 3. The van der Waals surface area contributed by atoms with Gasteiger partial charge >= 0.3 is 6.18 Å². The number of fused-ring (bicyclic) bond motifs is 1. The second-order valence-electron chi connectivity index (χ2n) is 6.88. The lowest BCUT2D eigenvalue weighted by molar-refractivity contribution is -0.141. The normalized spacial score (nSPS) is 22.1. The van der Waals surface area contributed by atoms with Gasteiger partial charge in [-0.25, -0.2) is 9.97 Å². The van der Waals surface area contributed by atoms with E-state index in [0.717, 1.165) is 23.6 Å². The Labute approximate surface area is 152 Å². The minimum atomic E-state index is -4.67. The van der Waals surface area contributed by atoms with E-state index >= 15 is 0 Å². The Balaban J connectivity index is 1.86. The van der Waals surface area contributed by atoms with Crippen LogP contribution in [0.3, 0.4) is 0 Å². The predicted molar refractivity (Wildman–Crippen MR) is 91.2 cm³/mol. The summed E-state index contributed by atoms with van der Waals surface area (Å²) >= 11 is 0. The first-order valence-electron chi connectivity index (χ1n) is 8.70. The minimum absolute atomic E-state index is 0.100. The Morgan fingerprint density at radius 1 is 1.41 bits per heavy atom. The summed E-state index contributed by atoms with van der Waals surface area (Å²) in [4.78, 5) is 20.1. The van der Waals surface area contributed by atoms with Crippen LogP contribution in [0, 0.1) is 6.92 Å². The quantitative estimate of drug-likeness (QED) is 0.725. The predicted octanol–water partition coefficient (Wildman–Crippen LogP) is 0.983. The molecule has 0 radical (unpaired) electrons. The molecule has 1 aliphatic rings. The van der Waals surface area contributed by atoms with E-state index in [2.05, 4.69) is 15.3 Å². The molecule has 0 spiro atoms. The topological polar surface area (TPSA) is 100 Å². The highest BCUT2D eigenvalue weighted by molar-refractivity contribution is 5.76. The van der Waals surface area contributed by atoms with Crippen LogP contribution in [-0.2, 0) is 12.7 Å². The zero-order valence-corrected chi connectivity index (χ0v) is 14.7. The largest absolute Gasteiger partial charge is 0.433 e. The van der Waals surface area contributed by atoms with Crippen LogP contribution in [0.4, 0.5) is 13.2 Å². The fraction of sp³-hybridized carbons (Fsp3) is 0.588. The van der Waals surface area contributed by atoms with Gasteiger partial charge in [0.25, 0.3) is 5.56 Å². The maximum absolute atomic E-state index is 13.0. The second kappa shape index (κ2) is 7.53. The summed E-state index contributed by atoms with van der Waals surface area (Å²) in [7, 11) is 0. The van der Waals surface area contributed by atoms with Crippen LogP contribution in [0.1, 0.15) is 30.5 Å². The van der Waals surface area contributed by atoms with E-state index in [9.17, 15) is 28.2 Å². The molecule has 148 valence electrons. The number of nitrogens with one attached hydrogen (secondary N) is 1. The monoisotopic (exact) mass is 386 g/mol. The Kier molecular flexibility index (Phi) is 5.50. The third-order valence-corrected chi connectivity index (χ3v) is 4.74. The van der Waals surface area contributed by atoms with Gasteiger partial charge in [-0.05, 0) is 44.4 Å². The number of piperidine rings is 1. The van der Waals surface area contributed by atoms with E-state index < -0.39 is 29.6 Å². The minimum Gasteiger partial charge on any atom is -0.392 e. The Morgan fingerprint density at radius 2 is 2.15 bits per heavy atom. The van der Waals surface area contributed by atoms with Crippen LogP contribution < -0.4 is 10.9 Å². The van der Waals surface area contributed by atoms with E-state index in [4.69, 9.17) is 0 Å². The molecule has 3 heterocycles. The van der Waals surface area contributed by atoms with Crippen molar-refractivity contribution >= 4 is 11.0 Å². The highest BCUT2D eigenvalue weighted by Crippen LogP contribution is 2.29. The standard InChI is InChI=1S/C17H21F3N4O3/c1-9-5-13(17(18,19)20)23-15-14(9)22-8-24(16(15)27)7-10(25)6-11-12(26)3-2-4-21-11/h5,8,10-12,21,25-26H,2-4,6-7H2,1H3/t10?,11-,12+/m1/s1. The van der Waals surface area contributed by atoms with Crippen LogP contribution in [0.5, 0.6) is 0 Å². The van der Waals surface area contributed by atoms with Crippen molar-refractivity contribution in [3.8, 4) is 0 Å². The zero-order chi connectivity index (χ0) is 19.8. The SMILES string of the molecule is Cc1cc(C(F)(F)F)nc2c(=O)n(CC(O)C[C@H]3NCCC[C@@H]3O)cnc12. The van der Waals surface area contributed by atoms with Crippen LogP contribution in [-0.4, -0.2) is 49.5 Å². The van der Waals surface area contributed by atoms with Gasteiger partial charge in [0.05, 0.1) is 30.6 Å². The number of aliphatic hydroxyl groups excluding tert-OH is 2. The van der Waals surface area contributed by atoms with E-state index in [1.54, 1.807) is 0 Å². The van der Waals surface area contributed by atoms with Gasteiger partial charge in [0.1, 0.15) is 5.69 Å². The molecule has 1 saturated heterocycles. The zero-order valence-electron chi connectivity index (χ0n) is 14.7. The third-order valence-electron chi connectivity index (χ3n) is 4.74.